The van der Waals surface area contributed by atoms with Crippen molar-refractivity contribution in [3.8, 4) is 11.8 Å². The number of hydrogen-bond donors (Lipinski definition) is 0. The van der Waals surface area contributed by atoms with E-state index in [2.05, 4.69) is 6.07 Å². The Hall–Kier alpha value is -3.32. The molecule has 0 saturated carbocycles. The number of nitriles is 1. The summed E-state index contributed by atoms with van der Waals surface area (Å²) in [5.41, 5.74) is 4.67. The molecule has 124 valence electrons. The first-order chi connectivity index (χ1) is 12.1. The number of aryl methyl sites for hydroxylation is 2. The van der Waals surface area contributed by atoms with Gasteiger partial charge in [-0.1, -0.05) is 30.3 Å². The minimum atomic E-state index is 0.290. The van der Waals surface area contributed by atoms with Crippen LogP contribution in [0.5, 0.6) is 5.75 Å². The second-order valence-electron chi connectivity index (χ2n) is 5.71. The standard InChI is InChI=1S/C21H17NO3/c1-13-17-11-18(16(9-10-23)15-7-5-4-6-8-15)20(24-3)14(2)21(17)25-19(13)12-22/h4-11H,1-3H3/b16-9-. The van der Waals surface area contributed by atoms with E-state index in [1.54, 1.807) is 7.11 Å². The van der Waals surface area contributed by atoms with Gasteiger partial charge in [0.2, 0.25) is 5.76 Å². The highest BCUT2D eigenvalue weighted by atomic mass is 16.5. The smallest absolute Gasteiger partial charge is 0.207 e. The van der Waals surface area contributed by atoms with E-state index in [0.717, 1.165) is 39.5 Å². The van der Waals surface area contributed by atoms with Crippen LogP contribution in [0.4, 0.5) is 0 Å². The molecule has 0 radical (unpaired) electrons. The predicted molar refractivity (Wildman–Crippen MR) is 96.5 cm³/mol. The molecule has 1 aromatic heterocycles. The van der Waals surface area contributed by atoms with Crippen LogP contribution in [0.3, 0.4) is 0 Å². The third-order valence-electron chi connectivity index (χ3n) is 4.32. The SMILES string of the molecule is COc1c(/C(=C\C=O)c2ccccc2)cc2c(C)c(C#N)oc2c1C. The highest BCUT2D eigenvalue weighted by molar-refractivity contribution is 5.98. The fourth-order valence-electron chi connectivity index (χ4n) is 3.09. The summed E-state index contributed by atoms with van der Waals surface area (Å²) < 4.78 is 11.3. The van der Waals surface area contributed by atoms with E-state index < -0.39 is 0 Å². The molecule has 0 atom stereocenters. The lowest BCUT2D eigenvalue weighted by molar-refractivity contribution is -0.104. The number of aldehydes is 1. The van der Waals surface area contributed by atoms with Gasteiger partial charge in [-0.15, -0.1) is 0 Å². The van der Waals surface area contributed by atoms with Crippen LogP contribution in [0.1, 0.15) is 28.0 Å². The van der Waals surface area contributed by atoms with Crippen LogP contribution in [0.15, 0.2) is 46.9 Å². The lowest BCUT2D eigenvalue weighted by Crippen LogP contribution is -1.97. The molecule has 3 rings (SSSR count). The van der Waals surface area contributed by atoms with E-state index in [1.165, 1.54) is 6.08 Å². The van der Waals surface area contributed by atoms with Gasteiger partial charge in [0.1, 0.15) is 23.7 Å². The van der Waals surface area contributed by atoms with Crippen LogP contribution in [-0.2, 0) is 4.79 Å². The van der Waals surface area contributed by atoms with E-state index in [9.17, 15) is 10.1 Å². The molecule has 4 nitrogen and oxygen atoms in total. The summed E-state index contributed by atoms with van der Waals surface area (Å²) in [4.78, 5) is 11.2. The molecule has 0 unspecified atom stereocenters. The third kappa shape index (κ3) is 2.70. The Kier molecular flexibility index (Phi) is 4.40. The van der Waals surface area contributed by atoms with Crippen LogP contribution >= 0.6 is 0 Å². The molecule has 25 heavy (non-hydrogen) atoms. The average Bonchev–Trinajstić information content (AvgIpc) is 2.97. The minimum Gasteiger partial charge on any atom is -0.496 e. The van der Waals surface area contributed by atoms with Crippen molar-refractivity contribution in [2.24, 2.45) is 0 Å². The molecule has 0 aliphatic carbocycles. The summed E-state index contributed by atoms with van der Waals surface area (Å²) in [5, 5.41) is 10.1. The summed E-state index contributed by atoms with van der Waals surface area (Å²) in [6, 6.07) is 13.6. The van der Waals surface area contributed by atoms with Crippen molar-refractivity contribution in [2.75, 3.05) is 7.11 Å². The van der Waals surface area contributed by atoms with Gasteiger partial charge in [-0.05, 0) is 37.1 Å². The van der Waals surface area contributed by atoms with Crippen molar-refractivity contribution in [1.29, 1.82) is 5.26 Å². The lowest BCUT2D eigenvalue weighted by Gasteiger charge is -2.15. The molecule has 4 heteroatoms. The van der Waals surface area contributed by atoms with E-state index in [4.69, 9.17) is 9.15 Å². The molecule has 0 saturated heterocycles. The van der Waals surface area contributed by atoms with Gasteiger partial charge in [0.05, 0.1) is 7.11 Å². The Morgan fingerprint density at radius 2 is 1.92 bits per heavy atom. The Morgan fingerprint density at radius 1 is 1.20 bits per heavy atom. The van der Waals surface area contributed by atoms with Crippen LogP contribution < -0.4 is 4.74 Å². The maximum atomic E-state index is 11.2. The minimum absolute atomic E-state index is 0.290. The topological polar surface area (TPSA) is 63.2 Å². The second-order valence-corrected chi connectivity index (χ2v) is 5.71. The van der Waals surface area contributed by atoms with Crippen molar-refractivity contribution < 1.29 is 13.9 Å². The predicted octanol–water partition coefficient (Wildman–Crippen LogP) is 4.56. The number of allylic oxidation sites excluding steroid dienone is 1. The summed E-state index contributed by atoms with van der Waals surface area (Å²) in [6.07, 6.45) is 2.29. The lowest BCUT2D eigenvalue weighted by atomic mass is 9.93. The van der Waals surface area contributed by atoms with Crippen molar-refractivity contribution >= 4 is 22.8 Å². The number of methoxy groups -OCH3 is 1. The molecule has 0 N–H and O–H groups in total. The normalized spacial score (nSPS) is 11.4. The van der Waals surface area contributed by atoms with Crippen molar-refractivity contribution in [1.82, 2.24) is 0 Å². The number of carbonyl (C=O) groups excluding carboxylic acids is 1. The zero-order valence-corrected chi connectivity index (χ0v) is 14.3. The van der Waals surface area contributed by atoms with E-state index in [0.29, 0.717) is 11.3 Å². The van der Waals surface area contributed by atoms with Crippen LogP contribution in [0, 0.1) is 25.2 Å². The quantitative estimate of drug-likeness (QED) is 0.519. The fraction of sp³-hybridized carbons (Fsp3) is 0.143. The highest BCUT2D eigenvalue weighted by Crippen LogP contribution is 2.40. The molecule has 0 fully saturated rings. The zero-order valence-electron chi connectivity index (χ0n) is 14.3. The van der Waals surface area contributed by atoms with E-state index in [1.807, 2.05) is 50.2 Å². The number of nitrogens with zero attached hydrogens (tertiary/aromatic N) is 1. The number of carbonyl (C=O) groups is 1. The summed E-state index contributed by atoms with van der Waals surface area (Å²) in [7, 11) is 1.59. The van der Waals surface area contributed by atoms with E-state index >= 15 is 0 Å². The number of furan rings is 1. The maximum Gasteiger partial charge on any atom is 0.207 e. The second kappa shape index (κ2) is 6.66. The average molecular weight is 331 g/mol. The molecule has 1 heterocycles. The van der Waals surface area contributed by atoms with Gasteiger partial charge in [0, 0.05) is 22.1 Å². The van der Waals surface area contributed by atoms with Crippen molar-refractivity contribution in [3.05, 3.63) is 70.5 Å². The number of hydrogen-bond acceptors (Lipinski definition) is 4. The van der Waals surface area contributed by atoms with Crippen LogP contribution in [0.2, 0.25) is 0 Å². The number of rotatable bonds is 4. The molecule has 0 amide bonds. The molecule has 2 aromatic carbocycles. The first-order valence-corrected chi connectivity index (χ1v) is 7.84. The van der Waals surface area contributed by atoms with Gasteiger partial charge in [-0.25, -0.2) is 0 Å². The number of benzene rings is 2. The Bertz CT molecular complexity index is 1020. The van der Waals surface area contributed by atoms with Crippen LogP contribution in [0.25, 0.3) is 16.5 Å². The molecule has 0 bridgehead atoms. The van der Waals surface area contributed by atoms with Gasteiger partial charge < -0.3 is 9.15 Å². The molecule has 3 aromatic rings. The van der Waals surface area contributed by atoms with Gasteiger partial charge in [0.15, 0.2) is 0 Å². The van der Waals surface area contributed by atoms with E-state index in [-0.39, 0.29) is 5.76 Å². The number of ether oxygens (including phenoxy) is 1. The third-order valence-corrected chi connectivity index (χ3v) is 4.32. The molecule has 0 aliphatic rings. The van der Waals surface area contributed by atoms with Gasteiger partial charge in [-0.2, -0.15) is 5.26 Å². The summed E-state index contributed by atoms with van der Waals surface area (Å²) in [5.74, 6) is 0.917. The Balaban J connectivity index is 2.38. The molecular formula is C21H17NO3. The summed E-state index contributed by atoms with van der Waals surface area (Å²) >= 11 is 0. The molecular weight excluding hydrogens is 314 g/mol. The van der Waals surface area contributed by atoms with Gasteiger partial charge >= 0.3 is 0 Å². The van der Waals surface area contributed by atoms with Crippen LogP contribution in [-0.4, -0.2) is 13.4 Å². The fourth-order valence-corrected chi connectivity index (χ4v) is 3.09. The van der Waals surface area contributed by atoms with Gasteiger partial charge in [-0.3, -0.25) is 4.79 Å². The first kappa shape index (κ1) is 16.5. The molecule has 0 spiro atoms. The monoisotopic (exact) mass is 331 g/mol. The van der Waals surface area contributed by atoms with Crippen molar-refractivity contribution in [3.63, 3.8) is 0 Å². The zero-order chi connectivity index (χ0) is 18.0. The largest absolute Gasteiger partial charge is 0.496 e. The van der Waals surface area contributed by atoms with Gasteiger partial charge in [0.25, 0.3) is 0 Å². The Labute approximate surface area is 145 Å². The molecule has 0 aliphatic heterocycles. The number of fused-ring (bicyclic) bond motifs is 1. The first-order valence-electron chi connectivity index (χ1n) is 7.84. The highest BCUT2D eigenvalue weighted by Gasteiger charge is 2.21. The Morgan fingerprint density at radius 3 is 2.52 bits per heavy atom. The maximum absolute atomic E-state index is 11.2. The summed E-state index contributed by atoms with van der Waals surface area (Å²) in [6.45, 7) is 3.74. The van der Waals surface area contributed by atoms with Crippen molar-refractivity contribution in [2.45, 2.75) is 13.8 Å².